The molecule has 326 valence electrons. The van der Waals surface area contributed by atoms with Gasteiger partial charge in [-0.3, -0.25) is 0 Å². The molecular formula is C54H90N2Ni. The maximum atomic E-state index is 12.5. The number of aryl methyl sites for hydroxylation is 4. The molecular weight excluding hydrogens is 735 g/mol. The zero-order chi connectivity index (χ0) is 41.5. The molecule has 0 atom stereocenters. The van der Waals surface area contributed by atoms with E-state index in [4.69, 9.17) is 0 Å². The van der Waals surface area contributed by atoms with Gasteiger partial charge in [0.05, 0.1) is 0 Å². The summed E-state index contributed by atoms with van der Waals surface area (Å²) in [5.74, 6) is 0. The van der Waals surface area contributed by atoms with Gasteiger partial charge in [-0.05, 0) is 117 Å². The third-order valence-corrected chi connectivity index (χ3v) is 12.7. The van der Waals surface area contributed by atoms with Gasteiger partial charge in [-0.25, -0.2) is 4.70 Å². The van der Waals surface area contributed by atoms with Crippen LogP contribution in [0, 0.1) is 0 Å². The first-order valence-corrected chi connectivity index (χ1v) is 26.0. The molecule has 0 aliphatic carbocycles. The zero-order valence-electron chi connectivity index (χ0n) is 38.9. The molecule has 1 aliphatic heterocycles. The minimum atomic E-state index is 0.934. The molecule has 0 unspecified atom stereocenters. The van der Waals surface area contributed by atoms with Crippen LogP contribution < -0.4 is 0 Å². The van der Waals surface area contributed by atoms with E-state index in [9.17, 15) is 5.53 Å². The standard InChI is InChI=1S/C50H80N2.2C2H5.Ni/c1-7-13-18-22-24-28-32-43-35-41(30-26-20-15-9-3)37-45(38-43)49-47(12-6)48(34-17-11-5)50(52(49)51)46-39-42(31-27-21-16-10-4)36-44(40-46)33-29-25-23-19-14-8-2;2*1-2;/h35-40H,7-34H2,1-6H3;2*1H2,2H3;. The summed E-state index contributed by atoms with van der Waals surface area (Å²) in [4.78, 5) is 0. The van der Waals surface area contributed by atoms with Crippen molar-refractivity contribution in [2.75, 3.05) is 0 Å². The van der Waals surface area contributed by atoms with Crippen molar-refractivity contribution in [2.45, 2.75) is 246 Å². The number of nitrogens with zero attached hydrogens (tertiary/aromatic N) is 2. The molecule has 1 aliphatic rings. The first-order valence-electron chi connectivity index (χ1n) is 24.6. The summed E-state index contributed by atoms with van der Waals surface area (Å²) in [5.41, 5.74) is 25.6. The molecule has 0 fully saturated rings. The molecule has 0 amide bonds. The van der Waals surface area contributed by atoms with Gasteiger partial charge in [-0.1, -0.05) is 163 Å². The predicted octanol–water partition coefficient (Wildman–Crippen LogP) is 18.5. The van der Waals surface area contributed by atoms with Gasteiger partial charge in [0, 0.05) is 22.3 Å². The molecule has 0 bridgehead atoms. The van der Waals surface area contributed by atoms with Crippen molar-refractivity contribution in [1.29, 1.82) is 0 Å². The van der Waals surface area contributed by atoms with Crippen LogP contribution in [0.4, 0.5) is 0 Å². The molecule has 3 rings (SSSR count). The van der Waals surface area contributed by atoms with E-state index in [-0.39, 0.29) is 0 Å². The summed E-state index contributed by atoms with van der Waals surface area (Å²) in [6.45, 7) is 18.2. The molecule has 0 spiro atoms. The number of hydrogen-bond acceptors (Lipinski definition) is 0. The molecule has 0 saturated carbocycles. The average Bonchev–Trinajstić information content (AvgIpc) is 3.50. The van der Waals surface area contributed by atoms with E-state index in [2.05, 4.69) is 91.8 Å². The summed E-state index contributed by atoms with van der Waals surface area (Å²) < 4.78 is 1.65. The van der Waals surface area contributed by atoms with E-state index >= 15 is 0 Å². The van der Waals surface area contributed by atoms with Gasteiger partial charge >= 0.3 is 39.1 Å². The Balaban J connectivity index is 0.00000210. The predicted molar refractivity (Wildman–Crippen MR) is 251 cm³/mol. The van der Waals surface area contributed by atoms with Crippen LogP contribution in [0.2, 0.25) is 10.8 Å². The Kier molecular flexibility index (Phi) is 29.5. The first-order chi connectivity index (χ1) is 27.9. The van der Waals surface area contributed by atoms with Crippen LogP contribution in [0.1, 0.15) is 243 Å². The van der Waals surface area contributed by atoms with Crippen molar-refractivity contribution < 1.29 is 19.1 Å². The molecule has 0 aromatic heterocycles. The number of hydrogen-bond donors (Lipinski definition) is 0. The summed E-state index contributed by atoms with van der Waals surface area (Å²) in [6.07, 6.45) is 34.9. The molecule has 0 saturated heterocycles. The van der Waals surface area contributed by atoms with Crippen LogP contribution >= 0.6 is 0 Å². The Morgan fingerprint density at radius 1 is 0.368 bits per heavy atom. The summed E-state index contributed by atoms with van der Waals surface area (Å²) in [7, 11) is 0. The monoisotopic (exact) mass is 825 g/mol. The number of rotatable bonds is 32. The number of allylic oxidation sites excluding steroid dienone is 2. The van der Waals surface area contributed by atoms with Gasteiger partial charge in [0.15, 0.2) is 0 Å². The Morgan fingerprint density at radius 3 is 1.00 bits per heavy atom. The SMILES string of the molecule is CCCCCCCCc1cc(CCCCCC)cc(C2=C(CC)C(CCCC)=C(c3cc(CCCCCC)cc(CCCCCCCC)c3)[N+]2=[N-])c1.C[CH2][Ni][CH2]C. The fourth-order valence-electron chi connectivity index (χ4n) is 8.51. The molecule has 0 radical (unpaired) electrons. The van der Waals surface area contributed by atoms with Crippen LogP contribution in [0.3, 0.4) is 0 Å². The van der Waals surface area contributed by atoms with E-state index in [0.717, 1.165) is 62.8 Å². The molecule has 0 N–H and O–H groups in total. The molecule has 1 heterocycles. The van der Waals surface area contributed by atoms with Gasteiger partial charge in [-0.15, -0.1) is 0 Å². The third kappa shape index (κ3) is 19.8. The third-order valence-electron chi connectivity index (χ3n) is 11.7. The Morgan fingerprint density at radius 2 is 0.684 bits per heavy atom. The molecule has 3 heteroatoms. The van der Waals surface area contributed by atoms with Crippen molar-refractivity contribution in [3.8, 4) is 0 Å². The second-order valence-corrected chi connectivity index (χ2v) is 18.7. The van der Waals surface area contributed by atoms with Crippen molar-refractivity contribution in [2.24, 2.45) is 0 Å². The van der Waals surface area contributed by atoms with Crippen LogP contribution in [0.5, 0.6) is 0 Å². The average molecular weight is 826 g/mol. The van der Waals surface area contributed by atoms with Crippen LogP contribution in [0.15, 0.2) is 47.5 Å². The van der Waals surface area contributed by atoms with E-state index in [1.807, 2.05) is 14.4 Å². The summed E-state index contributed by atoms with van der Waals surface area (Å²) >= 11 is 1.82. The quantitative estimate of drug-likeness (QED) is 0.0399. The van der Waals surface area contributed by atoms with E-state index < -0.39 is 0 Å². The van der Waals surface area contributed by atoms with Crippen LogP contribution in [-0.4, -0.2) is 4.70 Å². The maximum absolute atomic E-state index is 12.5. The zero-order valence-corrected chi connectivity index (χ0v) is 39.9. The van der Waals surface area contributed by atoms with Crippen molar-refractivity contribution >= 4 is 11.4 Å². The normalized spacial score (nSPS) is 12.9. The van der Waals surface area contributed by atoms with E-state index in [1.165, 1.54) is 184 Å². The molecule has 57 heavy (non-hydrogen) atoms. The Bertz CT molecular complexity index is 1430. The van der Waals surface area contributed by atoms with Gasteiger partial charge in [-0.2, -0.15) is 0 Å². The van der Waals surface area contributed by atoms with Crippen LogP contribution in [0.25, 0.3) is 16.9 Å². The van der Waals surface area contributed by atoms with Crippen LogP contribution in [-0.2, 0) is 40.1 Å². The summed E-state index contributed by atoms with van der Waals surface area (Å²) in [6, 6.07) is 14.7. The van der Waals surface area contributed by atoms with Crippen molar-refractivity contribution in [3.63, 3.8) is 0 Å². The van der Waals surface area contributed by atoms with Gasteiger partial charge in [0.25, 0.3) is 0 Å². The number of unbranched alkanes of at least 4 members (excludes halogenated alkanes) is 17. The second-order valence-electron chi connectivity index (χ2n) is 16.8. The van der Waals surface area contributed by atoms with Gasteiger partial charge in [0.2, 0.25) is 11.4 Å². The fourth-order valence-corrected chi connectivity index (χ4v) is 9.01. The minimum absolute atomic E-state index is 0.934. The second kappa shape index (κ2) is 32.8. The van der Waals surface area contributed by atoms with Crippen molar-refractivity contribution in [1.82, 2.24) is 0 Å². The summed E-state index contributed by atoms with van der Waals surface area (Å²) in [5, 5.41) is 2.56. The van der Waals surface area contributed by atoms with Crippen molar-refractivity contribution in [3.05, 3.63) is 86.5 Å². The number of benzene rings is 2. The van der Waals surface area contributed by atoms with E-state index in [0.29, 0.717) is 0 Å². The topological polar surface area (TPSA) is 25.3 Å². The molecule has 2 nitrogen and oxygen atoms in total. The fraction of sp³-hybridized carbons (Fsp3) is 0.704. The molecule has 2 aromatic rings. The molecule has 2 aromatic carbocycles. The van der Waals surface area contributed by atoms with Gasteiger partial charge < -0.3 is 5.53 Å². The van der Waals surface area contributed by atoms with E-state index in [1.54, 1.807) is 4.70 Å². The first kappa shape index (κ1) is 51.2. The Hall–Kier alpha value is -1.99. The van der Waals surface area contributed by atoms with Gasteiger partial charge in [0.1, 0.15) is 0 Å². The Labute approximate surface area is 361 Å².